The fourth-order valence-corrected chi connectivity index (χ4v) is 1.83. The summed E-state index contributed by atoms with van der Waals surface area (Å²) in [7, 11) is -0.152. The highest BCUT2D eigenvalue weighted by molar-refractivity contribution is 6.45. The van der Waals surface area contributed by atoms with Crippen LogP contribution >= 0.6 is 0 Å². The van der Waals surface area contributed by atoms with E-state index in [1.807, 2.05) is 0 Å². The number of nitrogens with zero attached hydrogens (tertiary/aromatic N) is 3. The predicted molar refractivity (Wildman–Crippen MR) is 68.7 cm³/mol. The van der Waals surface area contributed by atoms with Gasteiger partial charge < -0.3 is 9.31 Å². The fourth-order valence-electron chi connectivity index (χ4n) is 1.83. The van der Waals surface area contributed by atoms with Gasteiger partial charge in [0.1, 0.15) is 0 Å². The van der Waals surface area contributed by atoms with Crippen LogP contribution in [0.15, 0.2) is 5.11 Å². The summed E-state index contributed by atoms with van der Waals surface area (Å²) in [6.45, 7) is 10.9. The molecule has 0 N–H and O–H groups in total. The van der Waals surface area contributed by atoms with Crippen molar-refractivity contribution in [2.24, 2.45) is 11.0 Å². The molecule has 6 heteroatoms. The summed E-state index contributed by atoms with van der Waals surface area (Å²) >= 11 is 0. The standard InChI is InChI=1S/C11H22BN3O2/c1-9(6-7-14-15-13)8-12-16-10(2,3)11(4,5)17-12/h9H,6-8H2,1-5H3. The lowest BCUT2D eigenvalue weighted by Gasteiger charge is -2.32. The summed E-state index contributed by atoms with van der Waals surface area (Å²) in [5, 5.41) is 3.54. The molecule has 0 amide bonds. The summed E-state index contributed by atoms with van der Waals surface area (Å²) in [6.07, 6.45) is 1.71. The van der Waals surface area contributed by atoms with Crippen LogP contribution in [0, 0.1) is 5.92 Å². The molecular formula is C11H22BN3O2. The normalized spacial score (nSPS) is 23.2. The predicted octanol–water partition coefficient (Wildman–Crippen LogP) is 3.42. The zero-order chi connectivity index (χ0) is 13.1. The van der Waals surface area contributed by atoms with Crippen molar-refractivity contribution in [1.82, 2.24) is 0 Å². The van der Waals surface area contributed by atoms with Crippen molar-refractivity contribution >= 4 is 7.12 Å². The first-order valence-electron chi connectivity index (χ1n) is 6.15. The lowest BCUT2D eigenvalue weighted by atomic mass is 9.77. The molecular weight excluding hydrogens is 217 g/mol. The van der Waals surface area contributed by atoms with Gasteiger partial charge in [0.15, 0.2) is 0 Å². The number of azide groups is 1. The molecule has 1 atom stereocenters. The van der Waals surface area contributed by atoms with Gasteiger partial charge in [0, 0.05) is 11.5 Å². The van der Waals surface area contributed by atoms with Crippen molar-refractivity contribution in [3.05, 3.63) is 10.4 Å². The number of rotatable bonds is 5. The highest BCUT2D eigenvalue weighted by atomic mass is 16.7. The first kappa shape index (κ1) is 14.4. The molecule has 17 heavy (non-hydrogen) atoms. The first-order chi connectivity index (χ1) is 7.78. The number of hydrogen-bond acceptors (Lipinski definition) is 3. The zero-order valence-corrected chi connectivity index (χ0v) is 11.4. The third kappa shape index (κ3) is 3.63. The van der Waals surface area contributed by atoms with Gasteiger partial charge in [-0.05, 0) is 51.9 Å². The topological polar surface area (TPSA) is 67.2 Å². The van der Waals surface area contributed by atoms with Crippen molar-refractivity contribution in [3.63, 3.8) is 0 Å². The molecule has 0 radical (unpaired) electrons. The Labute approximate surface area is 104 Å². The van der Waals surface area contributed by atoms with Crippen molar-refractivity contribution in [2.45, 2.75) is 58.6 Å². The molecule has 1 aliphatic heterocycles. The lowest BCUT2D eigenvalue weighted by molar-refractivity contribution is 0.00578. The van der Waals surface area contributed by atoms with E-state index >= 15 is 0 Å². The molecule has 0 spiro atoms. The van der Waals surface area contributed by atoms with E-state index in [0.717, 1.165) is 12.7 Å². The van der Waals surface area contributed by atoms with Gasteiger partial charge in [-0.2, -0.15) is 0 Å². The second-order valence-electron chi connectivity index (χ2n) is 5.77. The van der Waals surface area contributed by atoms with Crippen LogP contribution in [0.25, 0.3) is 10.4 Å². The van der Waals surface area contributed by atoms with Crippen LogP contribution in [0.3, 0.4) is 0 Å². The van der Waals surface area contributed by atoms with Gasteiger partial charge in [-0.3, -0.25) is 0 Å². The Balaban J connectivity index is 2.42. The maximum Gasteiger partial charge on any atom is 0.458 e. The SMILES string of the molecule is CC(CCN=[N+]=[N-])CB1OC(C)(C)C(C)(C)O1. The van der Waals surface area contributed by atoms with Gasteiger partial charge >= 0.3 is 7.12 Å². The highest BCUT2D eigenvalue weighted by Gasteiger charge is 2.50. The van der Waals surface area contributed by atoms with E-state index in [-0.39, 0.29) is 18.3 Å². The Kier molecular flexibility index (Phi) is 4.47. The minimum atomic E-state index is -0.262. The van der Waals surface area contributed by atoms with Gasteiger partial charge in [0.25, 0.3) is 0 Å². The summed E-state index contributed by atoms with van der Waals surface area (Å²) in [6, 6.07) is 0. The van der Waals surface area contributed by atoms with Crippen LogP contribution in [0.4, 0.5) is 0 Å². The highest BCUT2D eigenvalue weighted by Crippen LogP contribution is 2.38. The van der Waals surface area contributed by atoms with Crippen LogP contribution in [-0.2, 0) is 9.31 Å². The molecule has 0 aromatic carbocycles. The minimum Gasteiger partial charge on any atom is -0.403 e. The summed E-state index contributed by atoms with van der Waals surface area (Å²) in [4.78, 5) is 2.75. The van der Waals surface area contributed by atoms with Crippen molar-refractivity contribution in [1.29, 1.82) is 0 Å². The Morgan fingerprint density at radius 1 is 1.24 bits per heavy atom. The monoisotopic (exact) mass is 239 g/mol. The van der Waals surface area contributed by atoms with E-state index in [2.05, 4.69) is 44.6 Å². The summed E-state index contributed by atoms with van der Waals surface area (Å²) in [5.74, 6) is 0.426. The molecule has 5 nitrogen and oxygen atoms in total. The van der Waals surface area contributed by atoms with E-state index in [0.29, 0.717) is 12.5 Å². The van der Waals surface area contributed by atoms with Gasteiger partial charge in [-0.1, -0.05) is 12.0 Å². The van der Waals surface area contributed by atoms with Crippen LogP contribution < -0.4 is 0 Å². The van der Waals surface area contributed by atoms with Crippen molar-refractivity contribution < 1.29 is 9.31 Å². The average Bonchev–Trinajstić information content (AvgIpc) is 2.35. The molecule has 1 unspecified atom stereocenters. The molecule has 1 heterocycles. The van der Waals surface area contributed by atoms with E-state index in [9.17, 15) is 0 Å². The van der Waals surface area contributed by atoms with Crippen LogP contribution in [-0.4, -0.2) is 24.9 Å². The average molecular weight is 239 g/mol. The van der Waals surface area contributed by atoms with E-state index < -0.39 is 0 Å². The first-order valence-corrected chi connectivity index (χ1v) is 6.15. The molecule has 1 aliphatic rings. The third-order valence-electron chi connectivity index (χ3n) is 3.68. The Morgan fingerprint density at radius 3 is 2.24 bits per heavy atom. The molecule has 1 saturated heterocycles. The summed E-state index contributed by atoms with van der Waals surface area (Å²) in [5.41, 5.74) is 7.69. The minimum absolute atomic E-state index is 0.152. The Morgan fingerprint density at radius 2 is 1.76 bits per heavy atom. The van der Waals surface area contributed by atoms with Gasteiger partial charge in [-0.25, -0.2) is 0 Å². The molecule has 0 aromatic heterocycles. The molecule has 96 valence electrons. The largest absolute Gasteiger partial charge is 0.458 e. The molecule has 0 bridgehead atoms. The third-order valence-corrected chi connectivity index (χ3v) is 3.68. The van der Waals surface area contributed by atoms with Crippen LogP contribution in [0.5, 0.6) is 0 Å². The molecule has 0 saturated carbocycles. The maximum atomic E-state index is 8.21. The Bertz CT molecular complexity index is 298. The van der Waals surface area contributed by atoms with Crippen molar-refractivity contribution in [3.8, 4) is 0 Å². The van der Waals surface area contributed by atoms with E-state index in [1.165, 1.54) is 0 Å². The lowest BCUT2D eigenvalue weighted by Crippen LogP contribution is -2.41. The number of hydrogen-bond donors (Lipinski definition) is 0. The molecule has 1 rings (SSSR count). The molecule has 0 aromatic rings. The quantitative estimate of drug-likeness (QED) is 0.319. The smallest absolute Gasteiger partial charge is 0.403 e. The molecule has 0 aliphatic carbocycles. The van der Waals surface area contributed by atoms with Gasteiger partial charge in [-0.15, -0.1) is 0 Å². The van der Waals surface area contributed by atoms with Gasteiger partial charge in [0.05, 0.1) is 11.2 Å². The fraction of sp³-hybridized carbons (Fsp3) is 1.00. The van der Waals surface area contributed by atoms with E-state index in [4.69, 9.17) is 14.8 Å². The molecule has 1 fully saturated rings. The second kappa shape index (κ2) is 5.30. The van der Waals surface area contributed by atoms with Crippen LogP contribution in [0.1, 0.15) is 41.0 Å². The second-order valence-corrected chi connectivity index (χ2v) is 5.77. The van der Waals surface area contributed by atoms with E-state index in [1.54, 1.807) is 0 Å². The zero-order valence-electron chi connectivity index (χ0n) is 11.4. The van der Waals surface area contributed by atoms with Crippen LogP contribution in [0.2, 0.25) is 6.32 Å². The summed E-state index contributed by atoms with van der Waals surface area (Å²) < 4.78 is 11.8. The maximum absolute atomic E-state index is 8.21. The van der Waals surface area contributed by atoms with Crippen molar-refractivity contribution in [2.75, 3.05) is 6.54 Å². The Hall–Kier alpha value is -0.705. The van der Waals surface area contributed by atoms with Gasteiger partial charge in [0.2, 0.25) is 0 Å².